The molecule has 1 rings (SSSR count). The van der Waals surface area contributed by atoms with Crippen molar-refractivity contribution in [1.29, 1.82) is 0 Å². The Hall–Kier alpha value is -1.14. The molecule has 120 valence electrons. The Kier molecular flexibility index (Phi) is 7.67. The van der Waals surface area contributed by atoms with Crippen molar-refractivity contribution in [3.63, 3.8) is 0 Å². The molecule has 0 aromatic carbocycles. The van der Waals surface area contributed by atoms with Gasteiger partial charge >= 0.3 is 0 Å². The number of hydrogen-bond acceptors (Lipinski definition) is 4. The third-order valence-corrected chi connectivity index (χ3v) is 4.30. The van der Waals surface area contributed by atoms with Crippen molar-refractivity contribution in [2.45, 2.75) is 39.8 Å². The van der Waals surface area contributed by atoms with Gasteiger partial charge in [0.25, 0.3) is 0 Å². The molecule has 0 spiro atoms. The van der Waals surface area contributed by atoms with Gasteiger partial charge in [-0.3, -0.25) is 4.99 Å². The molecule has 1 N–H and O–H groups in total. The topological polar surface area (TPSA) is 49.8 Å². The van der Waals surface area contributed by atoms with Gasteiger partial charge in [0.05, 0.1) is 12.2 Å². The van der Waals surface area contributed by atoms with Crippen molar-refractivity contribution in [1.82, 2.24) is 15.2 Å². The summed E-state index contributed by atoms with van der Waals surface area (Å²) in [5, 5.41) is 6.49. The molecule has 0 radical (unpaired) electrons. The van der Waals surface area contributed by atoms with Crippen molar-refractivity contribution < 1.29 is 4.74 Å². The van der Waals surface area contributed by atoms with Crippen LogP contribution in [0.1, 0.15) is 44.0 Å². The van der Waals surface area contributed by atoms with E-state index in [0.29, 0.717) is 5.92 Å². The molecule has 0 aliphatic rings. The maximum atomic E-state index is 5.30. The van der Waals surface area contributed by atoms with Gasteiger partial charge in [-0.2, -0.15) is 0 Å². The minimum Gasteiger partial charge on any atom is -0.375 e. The van der Waals surface area contributed by atoms with Crippen LogP contribution in [0.15, 0.2) is 10.4 Å². The summed E-state index contributed by atoms with van der Waals surface area (Å²) in [5.41, 5.74) is 1.05. The quantitative estimate of drug-likeness (QED) is 0.621. The zero-order valence-corrected chi connectivity index (χ0v) is 14.8. The standard InChI is InChI=1S/C15H28N4OS/c1-11(2)7-8-17-15(16-4)19(5)9-13-10-21-14(18-13)12(3)20-6/h10-12H,7-9H2,1-6H3,(H,16,17). The SMILES string of the molecule is CN=C(NCCC(C)C)N(C)Cc1csc(C(C)OC)n1. The summed E-state index contributed by atoms with van der Waals surface area (Å²) in [6.45, 7) is 8.15. The van der Waals surface area contributed by atoms with Gasteiger partial charge < -0.3 is 15.0 Å². The minimum absolute atomic E-state index is 0.0533. The normalized spacial score (nSPS) is 13.6. The van der Waals surface area contributed by atoms with Crippen molar-refractivity contribution in [3.05, 3.63) is 16.1 Å². The van der Waals surface area contributed by atoms with E-state index in [1.807, 2.05) is 21.0 Å². The van der Waals surface area contributed by atoms with Gasteiger partial charge in [0, 0.05) is 33.1 Å². The van der Waals surface area contributed by atoms with Crippen LogP contribution in [0, 0.1) is 5.92 Å². The van der Waals surface area contributed by atoms with E-state index < -0.39 is 0 Å². The van der Waals surface area contributed by atoms with Crippen LogP contribution in [0.4, 0.5) is 0 Å². The van der Waals surface area contributed by atoms with Crippen LogP contribution < -0.4 is 5.32 Å². The molecule has 1 aromatic rings. The Labute approximate surface area is 132 Å². The fourth-order valence-electron chi connectivity index (χ4n) is 1.86. The summed E-state index contributed by atoms with van der Waals surface area (Å²) in [6, 6.07) is 0. The van der Waals surface area contributed by atoms with Crippen LogP contribution in [0.25, 0.3) is 0 Å². The summed E-state index contributed by atoms with van der Waals surface area (Å²) < 4.78 is 5.30. The molecule has 0 aliphatic carbocycles. The van der Waals surface area contributed by atoms with Crippen LogP contribution in [-0.4, -0.2) is 43.6 Å². The van der Waals surface area contributed by atoms with Gasteiger partial charge in [0.2, 0.25) is 0 Å². The molecule has 1 aromatic heterocycles. The Balaban J connectivity index is 2.53. The van der Waals surface area contributed by atoms with Gasteiger partial charge in [-0.1, -0.05) is 13.8 Å². The molecular formula is C15H28N4OS. The molecule has 0 amide bonds. The molecule has 0 saturated carbocycles. The van der Waals surface area contributed by atoms with Gasteiger partial charge in [-0.15, -0.1) is 11.3 Å². The number of guanidine groups is 1. The lowest BCUT2D eigenvalue weighted by molar-refractivity contribution is 0.119. The number of methoxy groups -OCH3 is 1. The second kappa shape index (κ2) is 9.00. The molecule has 6 heteroatoms. The third-order valence-electron chi connectivity index (χ3n) is 3.25. The lowest BCUT2D eigenvalue weighted by atomic mass is 10.1. The van der Waals surface area contributed by atoms with Crippen molar-refractivity contribution in [2.24, 2.45) is 10.9 Å². The molecular weight excluding hydrogens is 284 g/mol. The highest BCUT2D eigenvalue weighted by atomic mass is 32.1. The molecule has 0 aliphatic heterocycles. The average molecular weight is 312 g/mol. The molecule has 0 bridgehead atoms. The first-order valence-electron chi connectivity index (χ1n) is 7.36. The summed E-state index contributed by atoms with van der Waals surface area (Å²) in [7, 11) is 5.55. The summed E-state index contributed by atoms with van der Waals surface area (Å²) in [5.74, 6) is 1.60. The second-order valence-electron chi connectivity index (χ2n) is 5.57. The number of aromatic nitrogens is 1. The molecule has 0 fully saturated rings. The van der Waals surface area contributed by atoms with Crippen LogP contribution in [0.2, 0.25) is 0 Å². The van der Waals surface area contributed by atoms with E-state index in [1.54, 1.807) is 18.4 Å². The molecule has 1 unspecified atom stereocenters. The predicted octanol–water partition coefficient (Wildman–Crippen LogP) is 2.90. The second-order valence-corrected chi connectivity index (χ2v) is 6.46. The van der Waals surface area contributed by atoms with E-state index in [1.165, 1.54) is 0 Å². The maximum absolute atomic E-state index is 5.30. The molecule has 21 heavy (non-hydrogen) atoms. The van der Waals surface area contributed by atoms with E-state index in [2.05, 4.69) is 39.4 Å². The van der Waals surface area contributed by atoms with E-state index in [9.17, 15) is 0 Å². The fourth-order valence-corrected chi connectivity index (χ4v) is 2.70. The van der Waals surface area contributed by atoms with Crippen molar-refractivity contribution >= 4 is 17.3 Å². The van der Waals surface area contributed by atoms with Crippen molar-refractivity contribution in [3.8, 4) is 0 Å². The summed E-state index contributed by atoms with van der Waals surface area (Å²) in [6.07, 6.45) is 1.19. The highest BCUT2D eigenvalue weighted by Crippen LogP contribution is 2.20. The average Bonchev–Trinajstić information content (AvgIpc) is 2.90. The number of nitrogens with one attached hydrogen (secondary N) is 1. The Morgan fingerprint density at radius 1 is 1.48 bits per heavy atom. The summed E-state index contributed by atoms with van der Waals surface area (Å²) in [4.78, 5) is 11.0. The monoisotopic (exact) mass is 312 g/mol. The lowest BCUT2D eigenvalue weighted by Crippen LogP contribution is -2.39. The maximum Gasteiger partial charge on any atom is 0.193 e. The number of thiazole rings is 1. The number of nitrogens with zero attached hydrogens (tertiary/aromatic N) is 3. The van der Waals surface area contributed by atoms with Crippen LogP contribution >= 0.6 is 11.3 Å². The Morgan fingerprint density at radius 3 is 2.76 bits per heavy atom. The van der Waals surface area contributed by atoms with Gasteiger partial charge in [-0.25, -0.2) is 4.98 Å². The number of hydrogen-bond donors (Lipinski definition) is 1. The van der Waals surface area contributed by atoms with Gasteiger partial charge in [0.1, 0.15) is 11.1 Å². The first-order chi connectivity index (χ1) is 9.97. The molecule has 1 atom stereocenters. The smallest absolute Gasteiger partial charge is 0.193 e. The minimum atomic E-state index is 0.0533. The van der Waals surface area contributed by atoms with Gasteiger partial charge in [0.15, 0.2) is 5.96 Å². The predicted molar refractivity (Wildman–Crippen MR) is 89.8 cm³/mol. The first-order valence-corrected chi connectivity index (χ1v) is 8.24. The Bertz CT molecular complexity index is 445. The zero-order valence-electron chi connectivity index (χ0n) is 14.0. The molecule has 1 heterocycles. The van der Waals surface area contributed by atoms with Crippen LogP contribution in [-0.2, 0) is 11.3 Å². The third kappa shape index (κ3) is 6.01. The molecule has 0 saturated heterocycles. The number of rotatable bonds is 7. The van der Waals surface area contributed by atoms with E-state index in [-0.39, 0.29) is 6.10 Å². The molecule has 5 nitrogen and oxygen atoms in total. The largest absolute Gasteiger partial charge is 0.375 e. The lowest BCUT2D eigenvalue weighted by Gasteiger charge is -2.21. The van der Waals surface area contributed by atoms with E-state index >= 15 is 0 Å². The fraction of sp³-hybridized carbons (Fsp3) is 0.733. The number of aliphatic imine (C=N–C) groups is 1. The highest BCUT2D eigenvalue weighted by molar-refractivity contribution is 7.09. The van der Waals surface area contributed by atoms with Crippen LogP contribution in [0.3, 0.4) is 0 Å². The highest BCUT2D eigenvalue weighted by Gasteiger charge is 2.12. The zero-order chi connectivity index (χ0) is 15.8. The van der Waals surface area contributed by atoms with E-state index in [4.69, 9.17) is 4.74 Å². The van der Waals surface area contributed by atoms with Crippen molar-refractivity contribution in [2.75, 3.05) is 27.7 Å². The van der Waals surface area contributed by atoms with E-state index in [0.717, 1.165) is 36.2 Å². The van der Waals surface area contributed by atoms with Crippen LogP contribution in [0.5, 0.6) is 0 Å². The number of ether oxygens (including phenoxy) is 1. The summed E-state index contributed by atoms with van der Waals surface area (Å²) >= 11 is 1.64. The first kappa shape index (κ1) is 17.9. The van der Waals surface area contributed by atoms with Gasteiger partial charge in [-0.05, 0) is 19.3 Å². The Morgan fingerprint density at radius 2 is 2.19 bits per heavy atom.